The monoisotopic (exact) mass is 507 g/mol. The molecule has 1 aliphatic carbocycles. The van der Waals surface area contributed by atoms with Crippen molar-refractivity contribution in [1.29, 1.82) is 0 Å². The number of rotatable bonds is 9. The number of ether oxygens (including phenoxy) is 2. The van der Waals surface area contributed by atoms with E-state index in [4.69, 9.17) is 9.47 Å². The number of amides is 1. The van der Waals surface area contributed by atoms with Crippen molar-refractivity contribution in [1.82, 2.24) is 15.3 Å². The minimum absolute atomic E-state index is 0.0466. The highest BCUT2D eigenvalue weighted by molar-refractivity contribution is 5.93. The third kappa shape index (κ3) is 7.03. The standard InChI is InChI=1S/C27H37N7O3/c1-5-29-22-14-20(34-10-12-36-13-11-34)15-24(26(22)28-4)37-21-8-6-19(7-9-21)33-25-16-23(30-17-31-25)27(35)32-18(2)3/h5,14-19,21H,4,6-13H2,1-3H3,(H,32,35)(H,30,31,33)/b29-5-/t19-,21+. The lowest BCUT2D eigenvalue weighted by atomic mass is 9.93. The first kappa shape index (κ1) is 26.5. The van der Waals surface area contributed by atoms with Crippen molar-refractivity contribution in [3.05, 3.63) is 30.2 Å². The Balaban J connectivity index is 1.40. The van der Waals surface area contributed by atoms with Crippen LogP contribution in [-0.2, 0) is 4.74 Å². The first-order chi connectivity index (χ1) is 18.0. The summed E-state index contributed by atoms with van der Waals surface area (Å²) in [5, 5.41) is 6.32. The minimum Gasteiger partial charge on any atom is -0.488 e. The number of benzene rings is 1. The molecule has 10 heteroatoms. The molecular formula is C27H37N7O3. The van der Waals surface area contributed by atoms with Gasteiger partial charge in [0, 0.05) is 49.2 Å². The van der Waals surface area contributed by atoms with Crippen LogP contribution in [0.25, 0.3) is 0 Å². The van der Waals surface area contributed by atoms with Crippen LogP contribution in [-0.4, -0.2) is 73.3 Å². The molecule has 10 nitrogen and oxygen atoms in total. The molecule has 2 N–H and O–H groups in total. The second-order valence-corrected chi connectivity index (χ2v) is 9.61. The van der Waals surface area contributed by atoms with E-state index >= 15 is 0 Å². The van der Waals surface area contributed by atoms with Crippen molar-refractivity contribution in [2.75, 3.05) is 36.5 Å². The maximum Gasteiger partial charge on any atom is 0.270 e. The SMILES string of the molecule is C=Nc1c(/N=C\C)cc(N2CCOCC2)cc1O[C@H]1CC[C@@H](Nc2cc(C(=O)NC(C)C)ncn2)CC1. The lowest BCUT2D eigenvalue weighted by molar-refractivity contribution is 0.0938. The van der Waals surface area contributed by atoms with Crippen molar-refractivity contribution in [3.63, 3.8) is 0 Å². The number of hydrogen-bond donors (Lipinski definition) is 2. The number of nitrogens with zero attached hydrogens (tertiary/aromatic N) is 5. The van der Waals surface area contributed by atoms with Crippen molar-refractivity contribution in [2.24, 2.45) is 9.98 Å². The normalized spacial score (nSPS) is 20.2. The van der Waals surface area contributed by atoms with E-state index in [2.05, 4.69) is 48.3 Å². The Morgan fingerprint density at radius 3 is 2.62 bits per heavy atom. The average molecular weight is 508 g/mol. The van der Waals surface area contributed by atoms with E-state index < -0.39 is 0 Å². The van der Waals surface area contributed by atoms with E-state index in [-0.39, 0.29) is 24.1 Å². The molecule has 1 aromatic heterocycles. The van der Waals surface area contributed by atoms with Gasteiger partial charge in [0.1, 0.15) is 29.3 Å². The minimum atomic E-state index is -0.199. The molecule has 1 aliphatic heterocycles. The predicted octanol–water partition coefficient (Wildman–Crippen LogP) is 4.31. The second kappa shape index (κ2) is 12.6. The summed E-state index contributed by atoms with van der Waals surface area (Å²) >= 11 is 0. The molecular weight excluding hydrogens is 470 g/mol. The molecule has 0 atom stereocenters. The van der Waals surface area contributed by atoms with Crippen LogP contribution in [0, 0.1) is 0 Å². The molecule has 0 unspecified atom stereocenters. The molecule has 0 bridgehead atoms. The summed E-state index contributed by atoms with van der Waals surface area (Å²) in [5.41, 5.74) is 2.84. The largest absolute Gasteiger partial charge is 0.488 e. The zero-order valence-corrected chi connectivity index (χ0v) is 21.9. The summed E-state index contributed by atoms with van der Waals surface area (Å²) in [4.78, 5) is 31.8. The van der Waals surface area contributed by atoms with E-state index in [0.29, 0.717) is 36.2 Å². The molecule has 1 aromatic carbocycles. The number of anilines is 2. The molecule has 1 amide bonds. The van der Waals surface area contributed by atoms with Gasteiger partial charge in [0.05, 0.1) is 25.0 Å². The maximum absolute atomic E-state index is 12.3. The first-order valence-corrected chi connectivity index (χ1v) is 13.0. The van der Waals surface area contributed by atoms with Crippen LogP contribution in [0.4, 0.5) is 22.9 Å². The van der Waals surface area contributed by atoms with Gasteiger partial charge < -0.3 is 25.0 Å². The van der Waals surface area contributed by atoms with E-state index in [1.165, 1.54) is 6.33 Å². The zero-order chi connectivity index (χ0) is 26.2. The van der Waals surface area contributed by atoms with Crippen LogP contribution in [0.1, 0.15) is 56.9 Å². The molecule has 1 saturated heterocycles. The van der Waals surface area contributed by atoms with Gasteiger partial charge in [-0.3, -0.25) is 14.8 Å². The predicted molar refractivity (Wildman–Crippen MR) is 147 cm³/mol. The Kier molecular flexibility index (Phi) is 9.05. The van der Waals surface area contributed by atoms with Gasteiger partial charge in [0.25, 0.3) is 5.91 Å². The van der Waals surface area contributed by atoms with Crippen LogP contribution in [0.15, 0.2) is 34.5 Å². The van der Waals surface area contributed by atoms with E-state index in [9.17, 15) is 4.79 Å². The van der Waals surface area contributed by atoms with Crippen LogP contribution in [0.3, 0.4) is 0 Å². The third-order valence-electron chi connectivity index (χ3n) is 6.48. The van der Waals surface area contributed by atoms with Crippen molar-refractivity contribution in [2.45, 2.75) is 64.6 Å². The number of aliphatic imine (C=N–C) groups is 2. The molecule has 198 valence electrons. The Bertz CT molecular complexity index is 1110. The van der Waals surface area contributed by atoms with Crippen LogP contribution in [0.2, 0.25) is 0 Å². The van der Waals surface area contributed by atoms with Crippen LogP contribution < -0.4 is 20.3 Å². The molecule has 2 aliphatic rings. The summed E-state index contributed by atoms with van der Waals surface area (Å²) in [6.45, 7) is 12.6. The van der Waals surface area contributed by atoms with Gasteiger partial charge >= 0.3 is 0 Å². The van der Waals surface area contributed by atoms with Gasteiger partial charge in [-0.2, -0.15) is 0 Å². The molecule has 2 fully saturated rings. The summed E-state index contributed by atoms with van der Waals surface area (Å²) in [6.07, 6.45) is 6.86. The van der Waals surface area contributed by atoms with E-state index in [1.807, 2.05) is 26.8 Å². The Morgan fingerprint density at radius 1 is 1.19 bits per heavy atom. The van der Waals surface area contributed by atoms with Gasteiger partial charge in [-0.05, 0) is 59.2 Å². The number of morpholine rings is 1. The Labute approximate surface area is 218 Å². The first-order valence-electron chi connectivity index (χ1n) is 13.0. The van der Waals surface area contributed by atoms with E-state index in [1.54, 1.807) is 12.3 Å². The average Bonchev–Trinajstić information content (AvgIpc) is 2.90. The summed E-state index contributed by atoms with van der Waals surface area (Å²) in [6, 6.07) is 6.09. The Morgan fingerprint density at radius 2 is 1.95 bits per heavy atom. The lowest BCUT2D eigenvalue weighted by Gasteiger charge is -2.32. The van der Waals surface area contributed by atoms with Gasteiger partial charge in [-0.25, -0.2) is 9.97 Å². The molecule has 2 aromatic rings. The third-order valence-corrected chi connectivity index (χ3v) is 6.48. The summed E-state index contributed by atoms with van der Waals surface area (Å²) in [5.74, 6) is 1.18. The highest BCUT2D eigenvalue weighted by Crippen LogP contribution is 2.43. The smallest absolute Gasteiger partial charge is 0.270 e. The molecule has 1 saturated carbocycles. The topological polar surface area (TPSA) is 113 Å². The van der Waals surface area contributed by atoms with Gasteiger partial charge in [-0.1, -0.05) is 0 Å². The van der Waals surface area contributed by atoms with Gasteiger partial charge in [0.2, 0.25) is 0 Å². The highest BCUT2D eigenvalue weighted by Gasteiger charge is 2.25. The van der Waals surface area contributed by atoms with Crippen molar-refractivity contribution in [3.8, 4) is 5.75 Å². The van der Waals surface area contributed by atoms with Gasteiger partial charge in [-0.15, -0.1) is 0 Å². The van der Waals surface area contributed by atoms with Crippen LogP contribution in [0.5, 0.6) is 5.75 Å². The fourth-order valence-electron chi connectivity index (χ4n) is 4.68. The highest BCUT2D eigenvalue weighted by atomic mass is 16.5. The summed E-state index contributed by atoms with van der Waals surface area (Å²) in [7, 11) is 0. The molecule has 4 rings (SSSR count). The Hall–Kier alpha value is -3.53. The molecule has 2 heterocycles. The maximum atomic E-state index is 12.3. The van der Waals surface area contributed by atoms with Crippen molar-refractivity contribution >= 4 is 41.7 Å². The molecule has 37 heavy (non-hydrogen) atoms. The quantitative estimate of drug-likeness (QED) is 0.486. The van der Waals surface area contributed by atoms with Gasteiger partial charge in [0.15, 0.2) is 0 Å². The van der Waals surface area contributed by atoms with Crippen LogP contribution >= 0.6 is 0 Å². The number of aromatic nitrogens is 2. The zero-order valence-electron chi connectivity index (χ0n) is 21.9. The summed E-state index contributed by atoms with van der Waals surface area (Å²) < 4.78 is 12.0. The lowest BCUT2D eigenvalue weighted by Crippen LogP contribution is -2.36. The van der Waals surface area contributed by atoms with E-state index in [0.717, 1.165) is 50.1 Å². The second-order valence-electron chi connectivity index (χ2n) is 9.61. The number of nitrogens with one attached hydrogen (secondary N) is 2. The number of hydrogen-bond acceptors (Lipinski definition) is 9. The fourth-order valence-corrected chi connectivity index (χ4v) is 4.68. The van der Waals surface area contributed by atoms with Crippen molar-refractivity contribution < 1.29 is 14.3 Å². The molecule has 0 radical (unpaired) electrons. The molecule has 0 spiro atoms. The number of carbonyl (C=O) groups is 1. The number of carbonyl (C=O) groups excluding carboxylic acids is 1. The fraction of sp³-hybridized carbons (Fsp3) is 0.519.